The third kappa shape index (κ3) is 4.59. The lowest BCUT2D eigenvalue weighted by atomic mass is 9.96. The highest BCUT2D eigenvalue weighted by Gasteiger charge is 2.33. The zero-order valence-corrected chi connectivity index (χ0v) is 16.7. The van der Waals surface area contributed by atoms with Crippen LogP contribution in [-0.4, -0.2) is 43.2 Å². The summed E-state index contributed by atoms with van der Waals surface area (Å²) in [6.45, 7) is 3.63. The van der Waals surface area contributed by atoms with Crippen LogP contribution in [0.5, 0.6) is 0 Å². The molecule has 2 aromatic rings. The van der Waals surface area contributed by atoms with Crippen LogP contribution in [0.25, 0.3) is 0 Å². The van der Waals surface area contributed by atoms with E-state index in [1.165, 1.54) is 22.5 Å². The van der Waals surface area contributed by atoms with Gasteiger partial charge in [0.25, 0.3) is 0 Å². The standard InChI is InChI=1S/C21H25FN2O3S/c1-2-23(16-17-7-4-3-5-8-17)21(25)18-11-13-24(14-12-18)28(26,27)20-10-6-9-19(22)15-20/h3-10,15,18H,2,11-14,16H2,1H3. The first-order valence-corrected chi connectivity index (χ1v) is 10.9. The van der Waals surface area contributed by atoms with Crippen LogP contribution in [0.3, 0.4) is 0 Å². The fourth-order valence-electron chi connectivity index (χ4n) is 3.53. The lowest BCUT2D eigenvalue weighted by Crippen LogP contribution is -2.44. The Balaban J connectivity index is 1.63. The summed E-state index contributed by atoms with van der Waals surface area (Å²) < 4.78 is 40.2. The van der Waals surface area contributed by atoms with Gasteiger partial charge in [-0.1, -0.05) is 36.4 Å². The third-order valence-electron chi connectivity index (χ3n) is 5.15. The summed E-state index contributed by atoms with van der Waals surface area (Å²) in [5.74, 6) is -0.706. The number of piperidine rings is 1. The van der Waals surface area contributed by atoms with E-state index in [0.29, 0.717) is 25.9 Å². The number of amides is 1. The fourth-order valence-corrected chi connectivity index (χ4v) is 5.03. The van der Waals surface area contributed by atoms with Crippen LogP contribution in [0.1, 0.15) is 25.3 Å². The number of sulfonamides is 1. The van der Waals surface area contributed by atoms with E-state index in [1.54, 1.807) is 0 Å². The molecular weight excluding hydrogens is 379 g/mol. The predicted octanol–water partition coefficient (Wildman–Crippen LogP) is 3.28. The summed E-state index contributed by atoms with van der Waals surface area (Å²) in [4.78, 5) is 14.7. The van der Waals surface area contributed by atoms with E-state index in [4.69, 9.17) is 0 Å². The van der Waals surface area contributed by atoms with Crippen molar-refractivity contribution in [1.29, 1.82) is 0 Å². The zero-order chi connectivity index (χ0) is 20.1. The summed E-state index contributed by atoms with van der Waals surface area (Å²) >= 11 is 0. The Bertz CT molecular complexity index is 910. The van der Waals surface area contributed by atoms with Gasteiger partial charge in [0.2, 0.25) is 15.9 Å². The first-order chi connectivity index (χ1) is 13.4. The monoisotopic (exact) mass is 404 g/mol. The maximum absolute atomic E-state index is 13.4. The van der Waals surface area contributed by atoms with Gasteiger partial charge in [-0.2, -0.15) is 4.31 Å². The molecule has 1 amide bonds. The molecule has 1 aliphatic rings. The van der Waals surface area contributed by atoms with E-state index in [2.05, 4.69) is 0 Å². The Morgan fingerprint density at radius 3 is 2.39 bits per heavy atom. The number of benzene rings is 2. The van der Waals surface area contributed by atoms with Gasteiger partial charge in [-0.25, -0.2) is 12.8 Å². The zero-order valence-electron chi connectivity index (χ0n) is 15.9. The SMILES string of the molecule is CCN(Cc1ccccc1)C(=O)C1CCN(S(=O)(=O)c2cccc(F)c2)CC1. The van der Waals surface area contributed by atoms with Crippen LogP contribution in [-0.2, 0) is 21.4 Å². The van der Waals surface area contributed by atoms with Gasteiger partial charge in [0.1, 0.15) is 5.82 Å². The van der Waals surface area contributed by atoms with Gasteiger partial charge in [0.05, 0.1) is 4.90 Å². The molecule has 0 unspecified atom stereocenters. The maximum Gasteiger partial charge on any atom is 0.243 e. The van der Waals surface area contributed by atoms with Crippen LogP contribution < -0.4 is 0 Å². The highest BCUT2D eigenvalue weighted by Crippen LogP contribution is 2.26. The fraction of sp³-hybridized carbons (Fsp3) is 0.381. The van der Waals surface area contributed by atoms with Gasteiger partial charge < -0.3 is 4.90 Å². The Hall–Kier alpha value is -2.25. The quantitative estimate of drug-likeness (QED) is 0.743. The Labute approximate surface area is 165 Å². The van der Waals surface area contributed by atoms with Gasteiger partial charge in [-0.15, -0.1) is 0 Å². The second kappa shape index (κ2) is 8.84. The van der Waals surface area contributed by atoms with Gasteiger partial charge in [-0.3, -0.25) is 4.79 Å². The average molecular weight is 405 g/mol. The average Bonchev–Trinajstić information content (AvgIpc) is 2.72. The van der Waals surface area contributed by atoms with Crippen molar-refractivity contribution >= 4 is 15.9 Å². The number of hydrogen-bond donors (Lipinski definition) is 0. The molecule has 0 aromatic heterocycles. The van der Waals surface area contributed by atoms with Crippen molar-refractivity contribution < 1.29 is 17.6 Å². The minimum atomic E-state index is -3.74. The normalized spacial score (nSPS) is 16.1. The number of hydrogen-bond acceptors (Lipinski definition) is 3. The molecule has 1 aliphatic heterocycles. The van der Waals surface area contributed by atoms with Gasteiger partial charge in [-0.05, 0) is 43.5 Å². The first kappa shape index (κ1) is 20.5. The Kier molecular flexibility index (Phi) is 6.46. The highest BCUT2D eigenvalue weighted by atomic mass is 32.2. The van der Waals surface area contributed by atoms with Crippen molar-refractivity contribution in [2.75, 3.05) is 19.6 Å². The number of nitrogens with zero attached hydrogens (tertiary/aromatic N) is 2. The first-order valence-electron chi connectivity index (χ1n) is 9.50. The van der Waals surface area contributed by atoms with Crippen molar-refractivity contribution in [2.24, 2.45) is 5.92 Å². The topological polar surface area (TPSA) is 57.7 Å². The lowest BCUT2D eigenvalue weighted by Gasteiger charge is -2.33. The minimum Gasteiger partial charge on any atom is -0.338 e. The molecular formula is C21H25FN2O3S. The molecule has 0 aliphatic carbocycles. The highest BCUT2D eigenvalue weighted by molar-refractivity contribution is 7.89. The minimum absolute atomic E-state index is 0.0449. The molecule has 0 atom stereocenters. The van der Waals surface area contributed by atoms with E-state index in [-0.39, 0.29) is 29.8 Å². The number of carbonyl (C=O) groups is 1. The van der Waals surface area contributed by atoms with E-state index in [1.807, 2.05) is 42.2 Å². The smallest absolute Gasteiger partial charge is 0.243 e. The number of carbonyl (C=O) groups excluding carboxylic acids is 1. The lowest BCUT2D eigenvalue weighted by molar-refractivity contribution is -0.137. The van der Waals surface area contributed by atoms with Gasteiger partial charge >= 0.3 is 0 Å². The molecule has 0 N–H and O–H groups in total. The van der Waals surface area contributed by atoms with Crippen LogP contribution >= 0.6 is 0 Å². The second-order valence-electron chi connectivity index (χ2n) is 6.97. The molecule has 3 rings (SSSR count). The maximum atomic E-state index is 13.4. The van der Waals surface area contributed by atoms with E-state index >= 15 is 0 Å². The molecule has 2 aromatic carbocycles. The molecule has 0 saturated carbocycles. The largest absolute Gasteiger partial charge is 0.338 e. The molecule has 7 heteroatoms. The van der Waals surface area contributed by atoms with Crippen LogP contribution in [0.2, 0.25) is 0 Å². The molecule has 0 bridgehead atoms. The van der Waals surface area contributed by atoms with Crippen molar-refractivity contribution in [3.8, 4) is 0 Å². The third-order valence-corrected chi connectivity index (χ3v) is 7.04. The summed E-state index contributed by atoms with van der Waals surface area (Å²) in [5, 5.41) is 0. The molecule has 5 nitrogen and oxygen atoms in total. The molecule has 1 saturated heterocycles. The van der Waals surface area contributed by atoms with E-state index < -0.39 is 15.8 Å². The summed E-state index contributed by atoms with van der Waals surface area (Å²) in [7, 11) is -3.74. The molecule has 0 radical (unpaired) electrons. The van der Waals surface area contributed by atoms with E-state index in [9.17, 15) is 17.6 Å². The molecule has 28 heavy (non-hydrogen) atoms. The van der Waals surface area contributed by atoms with Crippen LogP contribution in [0.15, 0.2) is 59.5 Å². The van der Waals surface area contributed by atoms with Crippen LogP contribution in [0, 0.1) is 11.7 Å². The van der Waals surface area contributed by atoms with Crippen molar-refractivity contribution in [3.63, 3.8) is 0 Å². The summed E-state index contributed by atoms with van der Waals surface area (Å²) in [6.07, 6.45) is 0.942. The van der Waals surface area contributed by atoms with Gasteiger partial charge in [0.15, 0.2) is 0 Å². The van der Waals surface area contributed by atoms with Crippen molar-refractivity contribution in [2.45, 2.75) is 31.2 Å². The predicted molar refractivity (Wildman–Crippen MR) is 105 cm³/mol. The molecule has 1 heterocycles. The second-order valence-corrected chi connectivity index (χ2v) is 8.91. The van der Waals surface area contributed by atoms with Gasteiger partial charge in [0, 0.05) is 32.1 Å². The summed E-state index contributed by atoms with van der Waals surface area (Å²) in [5.41, 5.74) is 1.07. The molecule has 0 spiro atoms. The number of halogens is 1. The van der Waals surface area contributed by atoms with E-state index in [0.717, 1.165) is 11.6 Å². The van der Waals surface area contributed by atoms with Crippen molar-refractivity contribution in [3.05, 3.63) is 66.0 Å². The summed E-state index contributed by atoms with van der Waals surface area (Å²) in [6, 6.07) is 14.9. The molecule has 1 fully saturated rings. The van der Waals surface area contributed by atoms with Crippen LogP contribution in [0.4, 0.5) is 4.39 Å². The Morgan fingerprint density at radius 1 is 1.11 bits per heavy atom. The number of rotatable bonds is 6. The Morgan fingerprint density at radius 2 is 1.79 bits per heavy atom. The molecule has 150 valence electrons. The van der Waals surface area contributed by atoms with Crippen molar-refractivity contribution in [1.82, 2.24) is 9.21 Å².